The molecular formula is C20H17NSe. The van der Waals surface area contributed by atoms with E-state index in [0.29, 0.717) is 15.0 Å². The standard InChI is InChI=1S/C20H17NSe/c1-14-8-6-12-17-19(14)22-20-15(2)9-7-13-18(20)21(17)16-10-4-3-5-11-16/h3-13H,1-2H3. The van der Waals surface area contributed by atoms with Gasteiger partial charge in [-0.2, -0.15) is 0 Å². The van der Waals surface area contributed by atoms with Gasteiger partial charge in [0.15, 0.2) is 0 Å². The van der Waals surface area contributed by atoms with E-state index in [1.165, 1.54) is 37.1 Å². The van der Waals surface area contributed by atoms with Gasteiger partial charge in [0.2, 0.25) is 0 Å². The molecule has 0 atom stereocenters. The molecule has 0 aliphatic carbocycles. The first-order chi connectivity index (χ1) is 10.8. The predicted octanol–water partition coefficient (Wildman–Crippen LogP) is 3.74. The summed E-state index contributed by atoms with van der Waals surface area (Å²) in [6.45, 7) is 4.46. The minimum absolute atomic E-state index is 0.368. The Hall–Kier alpha value is -2.02. The van der Waals surface area contributed by atoms with Crippen LogP contribution in [0.4, 0.5) is 17.1 Å². The van der Waals surface area contributed by atoms with Crippen molar-refractivity contribution in [2.24, 2.45) is 0 Å². The minimum atomic E-state index is 0.368. The number of hydrogen-bond donors (Lipinski definition) is 0. The Morgan fingerprint density at radius 3 is 1.73 bits per heavy atom. The van der Waals surface area contributed by atoms with Crippen LogP contribution < -0.4 is 13.8 Å². The molecule has 0 fully saturated rings. The van der Waals surface area contributed by atoms with Crippen LogP contribution in [0.3, 0.4) is 0 Å². The average molecular weight is 350 g/mol. The molecule has 3 aromatic carbocycles. The second kappa shape index (κ2) is 5.31. The van der Waals surface area contributed by atoms with Gasteiger partial charge in [0.1, 0.15) is 0 Å². The molecule has 0 radical (unpaired) electrons. The van der Waals surface area contributed by atoms with Crippen molar-refractivity contribution in [3.8, 4) is 0 Å². The first kappa shape index (κ1) is 13.6. The third-order valence-corrected chi connectivity index (χ3v) is 7.17. The number of hydrogen-bond acceptors (Lipinski definition) is 1. The Labute approximate surface area is 137 Å². The van der Waals surface area contributed by atoms with Gasteiger partial charge in [-0.1, -0.05) is 0 Å². The van der Waals surface area contributed by atoms with Gasteiger partial charge in [0.25, 0.3) is 0 Å². The molecule has 108 valence electrons. The fourth-order valence-electron chi connectivity index (χ4n) is 2.98. The molecule has 1 heterocycles. The molecule has 3 aromatic rings. The first-order valence-electron chi connectivity index (χ1n) is 7.48. The van der Waals surface area contributed by atoms with E-state index in [2.05, 4.69) is 85.5 Å². The Balaban J connectivity index is 2.02. The molecule has 4 rings (SSSR count). The third kappa shape index (κ3) is 2.08. The van der Waals surface area contributed by atoms with Crippen LogP contribution in [0.1, 0.15) is 11.1 Å². The Morgan fingerprint density at radius 2 is 1.18 bits per heavy atom. The number of para-hydroxylation sites is 1. The number of benzene rings is 3. The van der Waals surface area contributed by atoms with Crippen molar-refractivity contribution in [3.05, 3.63) is 77.9 Å². The van der Waals surface area contributed by atoms with Gasteiger partial charge in [0, 0.05) is 0 Å². The monoisotopic (exact) mass is 351 g/mol. The van der Waals surface area contributed by atoms with Crippen molar-refractivity contribution >= 4 is 40.9 Å². The molecule has 1 aliphatic heterocycles. The van der Waals surface area contributed by atoms with Crippen LogP contribution in [0.15, 0.2) is 66.7 Å². The van der Waals surface area contributed by atoms with Gasteiger partial charge in [-0.25, -0.2) is 0 Å². The van der Waals surface area contributed by atoms with Crippen LogP contribution in [-0.2, 0) is 0 Å². The zero-order chi connectivity index (χ0) is 15.1. The van der Waals surface area contributed by atoms with Crippen LogP contribution in [0.25, 0.3) is 0 Å². The molecule has 22 heavy (non-hydrogen) atoms. The number of aryl methyl sites for hydroxylation is 2. The summed E-state index contributed by atoms with van der Waals surface area (Å²) in [5.41, 5.74) is 6.70. The Bertz CT molecular complexity index is 788. The molecule has 1 nitrogen and oxygen atoms in total. The van der Waals surface area contributed by atoms with Crippen molar-refractivity contribution in [1.29, 1.82) is 0 Å². The van der Waals surface area contributed by atoms with E-state index in [4.69, 9.17) is 0 Å². The summed E-state index contributed by atoms with van der Waals surface area (Å²) < 4.78 is 3.00. The number of fused-ring (bicyclic) bond motifs is 2. The normalized spacial score (nSPS) is 12.7. The molecule has 0 unspecified atom stereocenters. The molecule has 0 amide bonds. The summed E-state index contributed by atoms with van der Waals surface area (Å²) >= 11 is 0.368. The zero-order valence-electron chi connectivity index (χ0n) is 12.7. The zero-order valence-corrected chi connectivity index (χ0v) is 14.4. The van der Waals surface area contributed by atoms with Crippen LogP contribution in [0.2, 0.25) is 0 Å². The predicted molar refractivity (Wildman–Crippen MR) is 95.6 cm³/mol. The van der Waals surface area contributed by atoms with Gasteiger partial charge in [0.05, 0.1) is 0 Å². The third-order valence-electron chi connectivity index (χ3n) is 4.08. The molecular weight excluding hydrogens is 333 g/mol. The SMILES string of the molecule is Cc1cccc2c1[Se]c1c(C)cccc1N2c1ccccc1. The quantitative estimate of drug-likeness (QED) is 0.473. The van der Waals surface area contributed by atoms with Gasteiger partial charge < -0.3 is 0 Å². The Kier molecular flexibility index (Phi) is 3.29. The van der Waals surface area contributed by atoms with Crippen LogP contribution >= 0.6 is 0 Å². The molecule has 0 saturated carbocycles. The molecule has 1 aliphatic rings. The van der Waals surface area contributed by atoms with Gasteiger partial charge >= 0.3 is 138 Å². The van der Waals surface area contributed by atoms with Crippen molar-refractivity contribution < 1.29 is 0 Å². The van der Waals surface area contributed by atoms with Gasteiger partial charge in [-0.05, 0) is 0 Å². The van der Waals surface area contributed by atoms with Gasteiger partial charge in [-0.3, -0.25) is 0 Å². The summed E-state index contributed by atoms with van der Waals surface area (Å²) in [4.78, 5) is 2.41. The fourth-order valence-corrected chi connectivity index (χ4v) is 5.48. The summed E-state index contributed by atoms with van der Waals surface area (Å²) in [6, 6.07) is 24.0. The maximum atomic E-state index is 2.41. The van der Waals surface area contributed by atoms with E-state index in [1.807, 2.05) is 0 Å². The maximum absolute atomic E-state index is 2.41. The Morgan fingerprint density at radius 1 is 0.636 bits per heavy atom. The second-order valence-corrected chi connectivity index (χ2v) is 7.76. The molecule has 0 aromatic heterocycles. The van der Waals surface area contributed by atoms with Crippen LogP contribution in [0, 0.1) is 13.8 Å². The molecule has 0 N–H and O–H groups in total. The number of nitrogens with zero attached hydrogens (tertiary/aromatic N) is 1. The summed E-state index contributed by atoms with van der Waals surface area (Å²) in [5, 5.41) is 0. The van der Waals surface area contributed by atoms with Crippen LogP contribution in [0.5, 0.6) is 0 Å². The van der Waals surface area contributed by atoms with Crippen molar-refractivity contribution in [2.75, 3.05) is 4.90 Å². The first-order valence-corrected chi connectivity index (χ1v) is 9.19. The average Bonchev–Trinajstić information content (AvgIpc) is 2.55. The molecule has 0 saturated heterocycles. The van der Waals surface area contributed by atoms with E-state index in [0.717, 1.165) is 0 Å². The topological polar surface area (TPSA) is 3.24 Å². The fraction of sp³-hybridized carbons (Fsp3) is 0.100. The van der Waals surface area contributed by atoms with E-state index < -0.39 is 0 Å². The summed E-state index contributed by atoms with van der Waals surface area (Å²) in [7, 11) is 0. The van der Waals surface area contributed by atoms with Crippen molar-refractivity contribution in [1.82, 2.24) is 0 Å². The molecule has 2 heteroatoms. The summed E-state index contributed by atoms with van der Waals surface area (Å²) in [5.74, 6) is 0. The van der Waals surface area contributed by atoms with E-state index >= 15 is 0 Å². The summed E-state index contributed by atoms with van der Waals surface area (Å²) in [6.07, 6.45) is 0. The van der Waals surface area contributed by atoms with E-state index in [-0.39, 0.29) is 0 Å². The molecule has 0 spiro atoms. The molecule has 0 bridgehead atoms. The number of anilines is 3. The van der Waals surface area contributed by atoms with Gasteiger partial charge in [-0.15, -0.1) is 0 Å². The van der Waals surface area contributed by atoms with Crippen LogP contribution in [-0.4, -0.2) is 15.0 Å². The van der Waals surface area contributed by atoms with Crippen molar-refractivity contribution in [3.63, 3.8) is 0 Å². The van der Waals surface area contributed by atoms with E-state index in [9.17, 15) is 0 Å². The van der Waals surface area contributed by atoms with Crippen molar-refractivity contribution in [2.45, 2.75) is 13.8 Å². The number of rotatable bonds is 1. The second-order valence-electron chi connectivity index (χ2n) is 5.62. The van der Waals surface area contributed by atoms with E-state index in [1.54, 1.807) is 0 Å².